The highest BCUT2D eigenvalue weighted by atomic mass is 16.5. The van der Waals surface area contributed by atoms with E-state index in [1.807, 2.05) is 54.6 Å². The summed E-state index contributed by atoms with van der Waals surface area (Å²) < 4.78 is 9.42. The van der Waals surface area contributed by atoms with Crippen LogP contribution in [0.2, 0.25) is 0 Å². The zero-order chi connectivity index (χ0) is 17.2. The second-order valence-electron chi connectivity index (χ2n) is 6.56. The summed E-state index contributed by atoms with van der Waals surface area (Å²) in [4.78, 5) is 6.96. The minimum atomic E-state index is 0.659. The molecule has 130 valence electrons. The molecule has 0 spiro atoms. The summed E-state index contributed by atoms with van der Waals surface area (Å²) in [5.41, 5.74) is 2.16. The molecule has 4 rings (SSSR count). The maximum Gasteiger partial charge on any atom is 0.144 e. The van der Waals surface area contributed by atoms with Crippen LogP contribution < -0.4 is 4.74 Å². The first-order valence-electron chi connectivity index (χ1n) is 8.62. The number of ether oxygens (including phenoxy) is 1. The van der Waals surface area contributed by atoms with E-state index in [0.29, 0.717) is 6.04 Å². The minimum Gasteiger partial charge on any atom is -0.494 e. The summed E-state index contributed by atoms with van der Waals surface area (Å²) in [7, 11) is 3.73. The first kappa shape index (κ1) is 15.9. The molecule has 0 aliphatic heterocycles. The fraction of sp³-hybridized carbons (Fsp3) is 0.368. The van der Waals surface area contributed by atoms with Crippen LogP contribution in [0.5, 0.6) is 5.75 Å². The van der Waals surface area contributed by atoms with Crippen molar-refractivity contribution in [1.82, 2.24) is 24.2 Å². The van der Waals surface area contributed by atoms with Gasteiger partial charge in [0.25, 0.3) is 0 Å². The van der Waals surface area contributed by atoms with Crippen LogP contribution >= 0.6 is 0 Å². The van der Waals surface area contributed by atoms with Crippen molar-refractivity contribution >= 4 is 0 Å². The second kappa shape index (κ2) is 6.72. The second-order valence-corrected chi connectivity index (χ2v) is 6.56. The summed E-state index contributed by atoms with van der Waals surface area (Å²) in [6.45, 7) is 1.75. The third-order valence-electron chi connectivity index (χ3n) is 4.68. The van der Waals surface area contributed by atoms with E-state index in [-0.39, 0.29) is 0 Å². The standard InChI is InChI=1S/C19H23N5O/c1-22-10-9-20-19(22)14-23(16-7-8-16)12-15-11-21-24(13-15)17-5-3-4-6-18(17)25-2/h3-6,9-11,13,16H,7-8,12,14H2,1-2H3. The molecule has 0 atom stereocenters. The fourth-order valence-electron chi connectivity index (χ4n) is 3.11. The van der Waals surface area contributed by atoms with Crippen molar-refractivity contribution in [1.29, 1.82) is 0 Å². The van der Waals surface area contributed by atoms with Crippen molar-refractivity contribution < 1.29 is 4.74 Å². The topological polar surface area (TPSA) is 48.1 Å². The van der Waals surface area contributed by atoms with Crippen molar-refractivity contribution in [3.05, 3.63) is 60.4 Å². The number of para-hydroxylation sites is 2. The summed E-state index contributed by atoms with van der Waals surface area (Å²) >= 11 is 0. The van der Waals surface area contributed by atoms with Gasteiger partial charge in [-0.3, -0.25) is 4.90 Å². The van der Waals surface area contributed by atoms with Gasteiger partial charge in [-0.2, -0.15) is 5.10 Å². The number of imidazole rings is 1. The Morgan fingerprint density at radius 1 is 1.24 bits per heavy atom. The predicted molar refractivity (Wildman–Crippen MR) is 95.6 cm³/mol. The zero-order valence-corrected chi connectivity index (χ0v) is 14.7. The molecule has 6 nitrogen and oxygen atoms in total. The van der Waals surface area contributed by atoms with Crippen LogP contribution in [0.25, 0.3) is 5.69 Å². The van der Waals surface area contributed by atoms with Gasteiger partial charge in [0.1, 0.15) is 17.3 Å². The first-order chi connectivity index (χ1) is 12.2. The number of benzene rings is 1. The molecule has 6 heteroatoms. The van der Waals surface area contributed by atoms with E-state index in [4.69, 9.17) is 4.74 Å². The largest absolute Gasteiger partial charge is 0.494 e. The maximum atomic E-state index is 5.44. The van der Waals surface area contributed by atoms with Crippen LogP contribution in [0.4, 0.5) is 0 Å². The van der Waals surface area contributed by atoms with Crippen LogP contribution in [-0.4, -0.2) is 37.4 Å². The third kappa shape index (κ3) is 3.44. The summed E-state index contributed by atoms with van der Waals surface area (Å²) in [6.07, 6.45) is 10.4. The van der Waals surface area contributed by atoms with Gasteiger partial charge in [0.05, 0.1) is 19.9 Å². The zero-order valence-electron chi connectivity index (χ0n) is 14.7. The van der Waals surface area contributed by atoms with E-state index < -0.39 is 0 Å². The first-order valence-corrected chi connectivity index (χ1v) is 8.62. The number of hydrogen-bond donors (Lipinski definition) is 0. The van der Waals surface area contributed by atoms with Crippen LogP contribution in [0.15, 0.2) is 49.1 Å². The molecule has 1 aliphatic rings. The number of hydrogen-bond acceptors (Lipinski definition) is 4. The third-order valence-corrected chi connectivity index (χ3v) is 4.68. The fourth-order valence-corrected chi connectivity index (χ4v) is 3.11. The molecule has 0 radical (unpaired) electrons. The lowest BCUT2D eigenvalue weighted by atomic mass is 10.3. The molecule has 25 heavy (non-hydrogen) atoms. The Bertz CT molecular complexity index is 849. The van der Waals surface area contributed by atoms with Crippen LogP contribution in [0.3, 0.4) is 0 Å². The Kier molecular flexibility index (Phi) is 4.28. The number of methoxy groups -OCH3 is 1. The van der Waals surface area contributed by atoms with Gasteiger partial charge in [0.15, 0.2) is 0 Å². The average molecular weight is 337 g/mol. The lowest BCUT2D eigenvalue weighted by Gasteiger charge is -2.20. The van der Waals surface area contributed by atoms with E-state index >= 15 is 0 Å². The average Bonchev–Trinajstić information content (AvgIpc) is 3.26. The summed E-state index contributed by atoms with van der Waals surface area (Å²) in [5, 5.41) is 4.53. The molecule has 3 aromatic rings. The predicted octanol–water partition coefficient (Wildman–Crippen LogP) is 2.78. The molecule has 2 heterocycles. The van der Waals surface area contributed by atoms with Crippen LogP contribution in [0, 0.1) is 0 Å². The van der Waals surface area contributed by atoms with Crippen molar-refractivity contribution in [2.24, 2.45) is 7.05 Å². The molecule has 1 saturated carbocycles. The lowest BCUT2D eigenvalue weighted by Crippen LogP contribution is -2.26. The Morgan fingerprint density at radius 3 is 2.80 bits per heavy atom. The number of rotatable bonds is 7. The summed E-state index contributed by atoms with van der Waals surface area (Å²) in [5.74, 6) is 1.92. The Morgan fingerprint density at radius 2 is 2.08 bits per heavy atom. The lowest BCUT2D eigenvalue weighted by molar-refractivity contribution is 0.237. The van der Waals surface area contributed by atoms with Crippen molar-refractivity contribution in [2.45, 2.75) is 32.0 Å². The highest BCUT2D eigenvalue weighted by molar-refractivity contribution is 5.46. The van der Waals surface area contributed by atoms with Gasteiger partial charge in [-0.15, -0.1) is 0 Å². The molecule has 0 unspecified atom stereocenters. The quantitative estimate of drug-likeness (QED) is 0.665. The Hall–Kier alpha value is -2.60. The van der Waals surface area contributed by atoms with E-state index in [0.717, 1.165) is 30.4 Å². The van der Waals surface area contributed by atoms with Crippen molar-refractivity contribution in [2.75, 3.05) is 7.11 Å². The normalized spacial score (nSPS) is 14.2. The molecule has 0 saturated heterocycles. The van der Waals surface area contributed by atoms with Crippen LogP contribution in [-0.2, 0) is 20.1 Å². The van der Waals surface area contributed by atoms with E-state index in [1.165, 1.54) is 18.4 Å². The minimum absolute atomic E-state index is 0.659. The highest BCUT2D eigenvalue weighted by Crippen LogP contribution is 2.30. The number of aromatic nitrogens is 4. The molecule has 0 bridgehead atoms. The van der Waals surface area contributed by atoms with Crippen molar-refractivity contribution in [3.8, 4) is 11.4 Å². The molecular formula is C19H23N5O. The van der Waals surface area contributed by atoms with Gasteiger partial charge >= 0.3 is 0 Å². The monoisotopic (exact) mass is 337 g/mol. The number of aryl methyl sites for hydroxylation is 1. The van der Waals surface area contributed by atoms with E-state index in [1.54, 1.807) is 7.11 Å². The molecule has 0 amide bonds. The molecule has 0 N–H and O–H groups in total. The molecule has 1 aliphatic carbocycles. The van der Waals surface area contributed by atoms with Gasteiger partial charge < -0.3 is 9.30 Å². The van der Waals surface area contributed by atoms with Gasteiger partial charge in [-0.25, -0.2) is 9.67 Å². The Labute approximate surface area is 147 Å². The molecule has 1 aromatic carbocycles. The van der Waals surface area contributed by atoms with E-state index in [9.17, 15) is 0 Å². The van der Waals surface area contributed by atoms with Gasteiger partial charge in [0, 0.05) is 43.8 Å². The molecule has 2 aromatic heterocycles. The van der Waals surface area contributed by atoms with Gasteiger partial charge in [-0.05, 0) is 25.0 Å². The smallest absolute Gasteiger partial charge is 0.144 e. The SMILES string of the molecule is COc1ccccc1-n1cc(CN(Cc2nccn2C)C2CC2)cn1. The molecular weight excluding hydrogens is 314 g/mol. The summed E-state index contributed by atoms with van der Waals surface area (Å²) in [6, 6.07) is 8.59. The van der Waals surface area contributed by atoms with E-state index in [2.05, 4.69) is 25.7 Å². The maximum absolute atomic E-state index is 5.44. The Balaban J connectivity index is 1.52. The number of nitrogens with zero attached hydrogens (tertiary/aromatic N) is 5. The van der Waals surface area contributed by atoms with Gasteiger partial charge in [0.2, 0.25) is 0 Å². The van der Waals surface area contributed by atoms with Gasteiger partial charge in [-0.1, -0.05) is 12.1 Å². The highest BCUT2D eigenvalue weighted by Gasteiger charge is 2.30. The van der Waals surface area contributed by atoms with Crippen LogP contribution in [0.1, 0.15) is 24.2 Å². The molecule has 1 fully saturated rings. The van der Waals surface area contributed by atoms with Crippen molar-refractivity contribution in [3.63, 3.8) is 0 Å².